The van der Waals surface area contributed by atoms with Crippen molar-refractivity contribution >= 4 is 17.6 Å². The van der Waals surface area contributed by atoms with Crippen molar-refractivity contribution in [2.75, 3.05) is 19.6 Å². The van der Waals surface area contributed by atoms with Gasteiger partial charge in [-0.15, -0.1) is 11.6 Å². The highest BCUT2D eigenvalue weighted by Crippen LogP contribution is 2.29. The molecule has 0 radical (unpaired) electrons. The van der Waals surface area contributed by atoms with E-state index in [0.29, 0.717) is 18.9 Å². The number of hydrogen-bond acceptors (Lipinski definition) is 4. The van der Waals surface area contributed by atoms with E-state index >= 15 is 0 Å². The van der Waals surface area contributed by atoms with Gasteiger partial charge in [0, 0.05) is 24.5 Å². The Labute approximate surface area is 186 Å². The predicted molar refractivity (Wildman–Crippen MR) is 123 cm³/mol. The van der Waals surface area contributed by atoms with Gasteiger partial charge in [0.25, 0.3) is 0 Å². The largest absolute Gasteiger partial charge is 0.497 e. The standard InChI is InChI=1S/C25H34ClNO3/c1-4-30-25(28)18-23(12-8-9-17-26)27(20(2)22-10-6-5-7-11-22)19-21-13-15-24(29-3)16-14-21/h5-7,10-11,13-16,20,23H,4,8-9,12,17-19H2,1-3H3/t20-,23-/m0/s1. The number of rotatable bonds is 13. The summed E-state index contributed by atoms with van der Waals surface area (Å²) in [6, 6.07) is 18.8. The van der Waals surface area contributed by atoms with Gasteiger partial charge >= 0.3 is 5.97 Å². The fourth-order valence-electron chi connectivity index (χ4n) is 3.72. The highest BCUT2D eigenvalue weighted by molar-refractivity contribution is 6.17. The number of halogens is 1. The molecular formula is C25H34ClNO3. The molecule has 2 aromatic carbocycles. The predicted octanol–water partition coefficient (Wildman–Crippen LogP) is 5.99. The summed E-state index contributed by atoms with van der Waals surface area (Å²) in [5.41, 5.74) is 2.42. The van der Waals surface area contributed by atoms with Gasteiger partial charge < -0.3 is 9.47 Å². The van der Waals surface area contributed by atoms with E-state index in [0.717, 1.165) is 31.6 Å². The second kappa shape index (κ2) is 13.3. The molecular weight excluding hydrogens is 398 g/mol. The Kier molecular flexibility index (Phi) is 10.7. The first-order valence-corrected chi connectivity index (χ1v) is 11.3. The van der Waals surface area contributed by atoms with Crippen molar-refractivity contribution < 1.29 is 14.3 Å². The second-order valence-electron chi connectivity index (χ2n) is 7.45. The lowest BCUT2D eigenvalue weighted by Crippen LogP contribution is -2.39. The molecule has 0 aliphatic carbocycles. The van der Waals surface area contributed by atoms with Crippen LogP contribution in [-0.2, 0) is 16.1 Å². The Morgan fingerprint density at radius 3 is 2.37 bits per heavy atom. The first-order chi connectivity index (χ1) is 14.6. The SMILES string of the molecule is CCOC(=O)C[C@H](CCCCCl)N(Cc1ccc(OC)cc1)[C@@H](C)c1ccccc1. The third kappa shape index (κ3) is 7.66. The van der Waals surface area contributed by atoms with Crippen LogP contribution in [0.3, 0.4) is 0 Å². The summed E-state index contributed by atoms with van der Waals surface area (Å²) in [5, 5.41) is 0. The number of alkyl halides is 1. The van der Waals surface area contributed by atoms with Crippen LogP contribution >= 0.6 is 11.6 Å². The van der Waals surface area contributed by atoms with Gasteiger partial charge in [0.2, 0.25) is 0 Å². The van der Waals surface area contributed by atoms with Gasteiger partial charge in [0.15, 0.2) is 0 Å². The van der Waals surface area contributed by atoms with Crippen LogP contribution in [0.1, 0.15) is 56.7 Å². The van der Waals surface area contributed by atoms with Gasteiger partial charge in [0.05, 0.1) is 20.1 Å². The summed E-state index contributed by atoms with van der Waals surface area (Å²) in [7, 11) is 1.67. The minimum atomic E-state index is -0.145. The zero-order chi connectivity index (χ0) is 21.8. The van der Waals surface area contributed by atoms with Crippen LogP contribution in [-0.4, -0.2) is 36.5 Å². The average Bonchev–Trinajstić information content (AvgIpc) is 2.78. The fourth-order valence-corrected chi connectivity index (χ4v) is 3.91. The van der Waals surface area contributed by atoms with E-state index in [1.807, 2.05) is 25.1 Å². The zero-order valence-corrected chi connectivity index (χ0v) is 19.1. The summed E-state index contributed by atoms with van der Waals surface area (Å²) in [5.74, 6) is 1.33. The van der Waals surface area contributed by atoms with Gasteiger partial charge in [-0.3, -0.25) is 9.69 Å². The van der Waals surface area contributed by atoms with Crippen LogP contribution in [0.5, 0.6) is 5.75 Å². The lowest BCUT2D eigenvalue weighted by Gasteiger charge is -2.37. The van der Waals surface area contributed by atoms with Gasteiger partial charge in [0.1, 0.15) is 5.75 Å². The fraction of sp³-hybridized carbons (Fsp3) is 0.480. The number of carbonyl (C=O) groups excluding carboxylic acids is 1. The smallest absolute Gasteiger partial charge is 0.307 e. The van der Waals surface area contributed by atoms with Gasteiger partial charge in [-0.1, -0.05) is 48.9 Å². The molecule has 0 aromatic heterocycles. The van der Waals surface area contributed by atoms with Crippen LogP contribution in [0.2, 0.25) is 0 Å². The summed E-state index contributed by atoms with van der Waals surface area (Å²) in [4.78, 5) is 14.8. The molecule has 2 atom stereocenters. The Balaban J connectivity index is 2.30. The molecule has 2 aromatic rings. The zero-order valence-electron chi connectivity index (χ0n) is 18.4. The van der Waals surface area contributed by atoms with E-state index < -0.39 is 0 Å². The van der Waals surface area contributed by atoms with Gasteiger partial charge in [-0.25, -0.2) is 0 Å². The molecule has 164 valence electrons. The van der Waals surface area contributed by atoms with Crippen LogP contribution in [0.25, 0.3) is 0 Å². The maximum Gasteiger partial charge on any atom is 0.307 e. The lowest BCUT2D eigenvalue weighted by atomic mass is 9.98. The van der Waals surface area contributed by atoms with E-state index in [9.17, 15) is 4.79 Å². The first kappa shape index (κ1) is 24.2. The summed E-state index contributed by atoms with van der Waals surface area (Å²) < 4.78 is 10.6. The summed E-state index contributed by atoms with van der Waals surface area (Å²) >= 11 is 5.92. The van der Waals surface area contributed by atoms with Crippen LogP contribution < -0.4 is 4.74 Å². The molecule has 0 N–H and O–H groups in total. The second-order valence-corrected chi connectivity index (χ2v) is 7.83. The summed E-state index contributed by atoms with van der Waals surface area (Å²) in [6.45, 7) is 5.20. The average molecular weight is 432 g/mol. The van der Waals surface area contributed by atoms with Crippen molar-refractivity contribution in [1.82, 2.24) is 4.90 Å². The van der Waals surface area contributed by atoms with Crippen molar-refractivity contribution in [2.45, 2.75) is 58.2 Å². The molecule has 0 saturated heterocycles. The van der Waals surface area contributed by atoms with E-state index in [4.69, 9.17) is 21.1 Å². The molecule has 0 spiro atoms. The lowest BCUT2D eigenvalue weighted by molar-refractivity contribution is -0.145. The quantitative estimate of drug-likeness (QED) is 0.222. The molecule has 0 heterocycles. The Morgan fingerprint density at radius 2 is 1.77 bits per heavy atom. The number of carbonyl (C=O) groups is 1. The van der Waals surface area contributed by atoms with Crippen LogP contribution in [0.15, 0.2) is 54.6 Å². The Bertz CT molecular complexity index is 736. The molecule has 30 heavy (non-hydrogen) atoms. The van der Waals surface area contributed by atoms with Crippen molar-refractivity contribution in [3.05, 3.63) is 65.7 Å². The summed E-state index contributed by atoms with van der Waals surface area (Å²) in [6.07, 6.45) is 3.20. The molecule has 5 heteroatoms. The normalized spacial score (nSPS) is 13.1. The maximum atomic E-state index is 12.4. The van der Waals surface area contributed by atoms with Crippen LogP contribution in [0.4, 0.5) is 0 Å². The number of unbranched alkanes of at least 4 members (excludes halogenated alkanes) is 1. The van der Waals surface area contributed by atoms with E-state index in [2.05, 4.69) is 48.2 Å². The molecule has 0 fully saturated rings. The molecule has 0 aliphatic heterocycles. The highest BCUT2D eigenvalue weighted by atomic mass is 35.5. The third-order valence-corrected chi connectivity index (χ3v) is 5.67. The highest BCUT2D eigenvalue weighted by Gasteiger charge is 2.27. The monoisotopic (exact) mass is 431 g/mol. The van der Waals surface area contributed by atoms with Gasteiger partial charge in [-0.05, 0) is 49.9 Å². The maximum absolute atomic E-state index is 12.4. The minimum absolute atomic E-state index is 0.0737. The Hall–Kier alpha value is -2.04. The molecule has 0 amide bonds. The number of ether oxygens (including phenoxy) is 2. The molecule has 0 bridgehead atoms. The van der Waals surface area contributed by atoms with E-state index in [-0.39, 0.29) is 18.1 Å². The van der Waals surface area contributed by atoms with Crippen LogP contribution in [0, 0.1) is 0 Å². The molecule has 4 nitrogen and oxygen atoms in total. The molecule has 0 unspecified atom stereocenters. The van der Waals surface area contributed by atoms with Crippen molar-refractivity contribution in [2.24, 2.45) is 0 Å². The molecule has 2 rings (SSSR count). The first-order valence-electron chi connectivity index (χ1n) is 10.7. The van der Waals surface area contributed by atoms with E-state index in [1.165, 1.54) is 11.1 Å². The molecule has 0 saturated carbocycles. The number of methoxy groups -OCH3 is 1. The van der Waals surface area contributed by atoms with Crippen molar-refractivity contribution in [3.63, 3.8) is 0 Å². The Morgan fingerprint density at radius 1 is 1.07 bits per heavy atom. The molecule has 0 aliphatic rings. The van der Waals surface area contributed by atoms with E-state index in [1.54, 1.807) is 7.11 Å². The number of benzene rings is 2. The van der Waals surface area contributed by atoms with Crippen molar-refractivity contribution in [1.29, 1.82) is 0 Å². The number of esters is 1. The van der Waals surface area contributed by atoms with Crippen molar-refractivity contribution in [3.8, 4) is 5.75 Å². The number of hydrogen-bond donors (Lipinski definition) is 0. The van der Waals surface area contributed by atoms with Gasteiger partial charge in [-0.2, -0.15) is 0 Å². The number of nitrogens with zero attached hydrogens (tertiary/aromatic N) is 1. The third-order valence-electron chi connectivity index (χ3n) is 5.40. The topological polar surface area (TPSA) is 38.8 Å². The minimum Gasteiger partial charge on any atom is -0.497 e.